The summed E-state index contributed by atoms with van der Waals surface area (Å²) in [5, 5.41) is 0. The van der Waals surface area contributed by atoms with Gasteiger partial charge in [0.1, 0.15) is 5.82 Å². The number of nitrogens with one attached hydrogen (secondary N) is 1. The predicted octanol–water partition coefficient (Wildman–Crippen LogP) is 3.50. The van der Waals surface area contributed by atoms with Gasteiger partial charge in [-0.15, -0.1) is 0 Å². The summed E-state index contributed by atoms with van der Waals surface area (Å²) in [5.41, 5.74) is 8.16. The van der Waals surface area contributed by atoms with Gasteiger partial charge in [0, 0.05) is 10.0 Å². The molecule has 1 unspecified atom stereocenters. The summed E-state index contributed by atoms with van der Waals surface area (Å²) in [6, 6.07) is 8.06. The second-order valence-electron chi connectivity index (χ2n) is 4.46. The molecule has 0 radical (unpaired) electrons. The number of imidazole rings is 1. The van der Waals surface area contributed by atoms with Crippen LogP contribution in [0.1, 0.15) is 25.7 Å². The van der Waals surface area contributed by atoms with Crippen LogP contribution in [0.4, 0.5) is 0 Å². The molecule has 0 amide bonds. The lowest BCUT2D eigenvalue weighted by Gasteiger charge is -2.12. The highest BCUT2D eigenvalue weighted by atomic mass is 79.9. The van der Waals surface area contributed by atoms with E-state index >= 15 is 0 Å². The van der Waals surface area contributed by atoms with Gasteiger partial charge in [-0.05, 0) is 18.1 Å². The fourth-order valence-electron chi connectivity index (χ4n) is 1.62. The molecule has 4 heteroatoms. The summed E-state index contributed by atoms with van der Waals surface area (Å²) >= 11 is 3.46. The summed E-state index contributed by atoms with van der Waals surface area (Å²) < 4.78 is 1.05. The zero-order valence-electron chi connectivity index (χ0n) is 9.94. The van der Waals surface area contributed by atoms with Crippen LogP contribution >= 0.6 is 15.9 Å². The van der Waals surface area contributed by atoms with Crippen LogP contribution in [0.15, 0.2) is 34.9 Å². The standard InChI is InChI=1S/C13H16BrN3/c1-8(2)12(15)13-16-7-11(17-13)9-4-3-5-10(14)6-9/h3-8,12H,15H2,1-2H3,(H,16,17). The predicted molar refractivity (Wildman–Crippen MR) is 73.5 cm³/mol. The molecule has 0 saturated heterocycles. The molecule has 0 fully saturated rings. The Balaban J connectivity index is 2.30. The van der Waals surface area contributed by atoms with Crippen molar-refractivity contribution >= 4 is 15.9 Å². The number of aromatic nitrogens is 2. The van der Waals surface area contributed by atoms with Gasteiger partial charge in [0.25, 0.3) is 0 Å². The Morgan fingerprint density at radius 3 is 2.76 bits per heavy atom. The van der Waals surface area contributed by atoms with Crippen molar-refractivity contribution < 1.29 is 0 Å². The molecule has 0 saturated carbocycles. The smallest absolute Gasteiger partial charge is 0.123 e. The van der Waals surface area contributed by atoms with Gasteiger partial charge >= 0.3 is 0 Å². The summed E-state index contributed by atoms with van der Waals surface area (Å²) in [4.78, 5) is 7.63. The first-order valence-electron chi connectivity index (χ1n) is 5.64. The number of halogens is 1. The number of hydrogen-bond donors (Lipinski definition) is 2. The molecule has 17 heavy (non-hydrogen) atoms. The van der Waals surface area contributed by atoms with Crippen LogP contribution in [0, 0.1) is 5.92 Å². The van der Waals surface area contributed by atoms with Crippen LogP contribution in [0.25, 0.3) is 11.3 Å². The van der Waals surface area contributed by atoms with E-state index in [2.05, 4.69) is 45.8 Å². The van der Waals surface area contributed by atoms with Crippen molar-refractivity contribution in [2.45, 2.75) is 19.9 Å². The first kappa shape index (κ1) is 12.3. The highest BCUT2D eigenvalue weighted by Crippen LogP contribution is 2.23. The summed E-state index contributed by atoms with van der Waals surface area (Å²) in [6.07, 6.45) is 1.83. The van der Waals surface area contributed by atoms with Crippen molar-refractivity contribution in [3.8, 4) is 11.3 Å². The molecule has 3 N–H and O–H groups in total. The van der Waals surface area contributed by atoms with Crippen molar-refractivity contribution in [2.24, 2.45) is 11.7 Å². The fraction of sp³-hybridized carbons (Fsp3) is 0.308. The minimum Gasteiger partial charge on any atom is -0.341 e. The number of nitrogens with two attached hydrogens (primary N) is 1. The molecule has 0 aliphatic carbocycles. The highest BCUT2D eigenvalue weighted by Gasteiger charge is 2.14. The third-order valence-corrected chi connectivity index (χ3v) is 3.26. The first-order valence-corrected chi connectivity index (χ1v) is 6.43. The second kappa shape index (κ2) is 5.02. The third-order valence-electron chi connectivity index (χ3n) is 2.77. The van der Waals surface area contributed by atoms with Crippen molar-refractivity contribution in [3.63, 3.8) is 0 Å². The van der Waals surface area contributed by atoms with E-state index in [1.54, 1.807) is 0 Å². The van der Waals surface area contributed by atoms with Crippen LogP contribution < -0.4 is 5.73 Å². The maximum Gasteiger partial charge on any atom is 0.123 e. The zero-order valence-corrected chi connectivity index (χ0v) is 11.5. The average Bonchev–Trinajstić information content (AvgIpc) is 2.77. The van der Waals surface area contributed by atoms with Crippen LogP contribution in [0.2, 0.25) is 0 Å². The fourth-order valence-corrected chi connectivity index (χ4v) is 2.02. The van der Waals surface area contributed by atoms with Gasteiger partial charge in [-0.25, -0.2) is 4.98 Å². The third kappa shape index (κ3) is 2.76. The van der Waals surface area contributed by atoms with E-state index < -0.39 is 0 Å². The summed E-state index contributed by atoms with van der Waals surface area (Å²) in [6.45, 7) is 4.18. The van der Waals surface area contributed by atoms with E-state index in [-0.39, 0.29) is 6.04 Å². The SMILES string of the molecule is CC(C)C(N)c1ncc(-c2cccc(Br)c2)[nH]1. The molecule has 1 aromatic carbocycles. The molecule has 0 spiro atoms. The number of hydrogen-bond acceptors (Lipinski definition) is 2. The minimum absolute atomic E-state index is 0.0455. The van der Waals surface area contributed by atoms with Gasteiger partial charge in [0.15, 0.2) is 0 Å². The Labute approximate surface area is 110 Å². The van der Waals surface area contributed by atoms with Crippen LogP contribution in [-0.2, 0) is 0 Å². The Bertz CT molecular complexity index is 505. The lowest BCUT2D eigenvalue weighted by molar-refractivity contribution is 0.494. The van der Waals surface area contributed by atoms with Crippen molar-refractivity contribution in [1.82, 2.24) is 9.97 Å². The van der Waals surface area contributed by atoms with Crippen LogP contribution in [-0.4, -0.2) is 9.97 Å². The minimum atomic E-state index is -0.0455. The zero-order chi connectivity index (χ0) is 12.4. The van der Waals surface area contributed by atoms with E-state index in [9.17, 15) is 0 Å². The Hall–Kier alpha value is -1.13. The van der Waals surface area contributed by atoms with Gasteiger partial charge in [-0.1, -0.05) is 41.9 Å². The Kier molecular flexibility index (Phi) is 3.64. The molecule has 0 aliphatic rings. The van der Waals surface area contributed by atoms with Gasteiger partial charge in [-0.3, -0.25) is 0 Å². The maximum absolute atomic E-state index is 6.06. The van der Waals surface area contributed by atoms with Crippen LogP contribution in [0.5, 0.6) is 0 Å². The summed E-state index contributed by atoms with van der Waals surface area (Å²) in [5.74, 6) is 1.21. The monoisotopic (exact) mass is 293 g/mol. The lowest BCUT2D eigenvalue weighted by atomic mass is 10.1. The van der Waals surface area contributed by atoms with E-state index in [1.807, 2.05) is 24.4 Å². The number of benzene rings is 1. The number of nitrogens with zero attached hydrogens (tertiary/aromatic N) is 1. The molecule has 1 atom stereocenters. The molecule has 90 valence electrons. The largest absolute Gasteiger partial charge is 0.341 e. The highest BCUT2D eigenvalue weighted by molar-refractivity contribution is 9.10. The topological polar surface area (TPSA) is 54.7 Å². The van der Waals surface area contributed by atoms with Crippen molar-refractivity contribution in [1.29, 1.82) is 0 Å². The molecule has 1 aromatic heterocycles. The van der Waals surface area contributed by atoms with Crippen molar-refractivity contribution in [3.05, 3.63) is 40.8 Å². The molecular formula is C13H16BrN3. The number of H-pyrrole nitrogens is 1. The lowest BCUT2D eigenvalue weighted by Crippen LogP contribution is -2.18. The molecule has 0 bridgehead atoms. The van der Waals surface area contributed by atoms with Crippen molar-refractivity contribution in [2.75, 3.05) is 0 Å². The molecule has 2 rings (SSSR count). The van der Waals surface area contributed by atoms with E-state index in [4.69, 9.17) is 5.73 Å². The number of rotatable bonds is 3. The number of aromatic amines is 1. The Morgan fingerprint density at radius 1 is 1.35 bits per heavy atom. The average molecular weight is 294 g/mol. The van der Waals surface area contributed by atoms with Gasteiger partial charge < -0.3 is 10.7 Å². The molecule has 1 heterocycles. The summed E-state index contributed by atoms with van der Waals surface area (Å²) in [7, 11) is 0. The van der Waals surface area contributed by atoms with Gasteiger partial charge in [0.2, 0.25) is 0 Å². The molecular weight excluding hydrogens is 278 g/mol. The molecule has 3 nitrogen and oxygen atoms in total. The van der Waals surface area contributed by atoms with Crippen LogP contribution in [0.3, 0.4) is 0 Å². The van der Waals surface area contributed by atoms with E-state index in [0.717, 1.165) is 21.6 Å². The first-order chi connectivity index (χ1) is 8.08. The molecule has 2 aromatic rings. The quantitative estimate of drug-likeness (QED) is 0.910. The van der Waals surface area contributed by atoms with Gasteiger partial charge in [0.05, 0.1) is 17.9 Å². The Morgan fingerprint density at radius 2 is 2.12 bits per heavy atom. The normalized spacial score (nSPS) is 13.0. The van der Waals surface area contributed by atoms with Gasteiger partial charge in [-0.2, -0.15) is 0 Å². The maximum atomic E-state index is 6.06. The van der Waals surface area contributed by atoms with E-state index in [0.29, 0.717) is 5.92 Å². The van der Waals surface area contributed by atoms with E-state index in [1.165, 1.54) is 0 Å². The molecule has 0 aliphatic heterocycles. The second-order valence-corrected chi connectivity index (χ2v) is 5.38.